The molecule has 2 aliphatic rings. The number of benzene rings is 2. The molecule has 0 fully saturated rings. The number of rotatable bonds is 2. The summed E-state index contributed by atoms with van der Waals surface area (Å²) < 4.78 is 0. The molecule has 4 unspecified atom stereocenters. The van der Waals surface area contributed by atoms with Gasteiger partial charge in [-0.25, -0.2) is 0 Å². The predicted molar refractivity (Wildman–Crippen MR) is 109 cm³/mol. The summed E-state index contributed by atoms with van der Waals surface area (Å²) >= 11 is 0. The number of hydrogen-bond donors (Lipinski definition) is 4. The van der Waals surface area contributed by atoms with E-state index in [4.69, 9.17) is 0 Å². The summed E-state index contributed by atoms with van der Waals surface area (Å²) in [6.07, 6.45) is 2.44. The van der Waals surface area contributed by atoms with Gasteiger partial charge in [-0.05, 0) is 53.9 Å². The molecule has 2 aromatic carbocycles. The minimum atomic E-state index is -0.392. The first kappa shape index (κ1) is 19.0. The number of hydrogen-bond acceptors (Lipinski definition) is 4. The molecule has 2 aromatic rings. The van der Waals surface area contributed by atoms with E-state index in [9.17, 15) is 20.4 Å². The van der Waals surface area contributed by atoms with Gasteiger partial charge in [-0.15, -0.1) is 0 Å². The van der Waals surface area contributed by atoms with Crippen LogP contribution in [0.4, 0.5) is 0 Å². The van der Waals surface area contributed by atoms with Crippen molar-refractivity contribution >= 4 is 0 Å². The fourth-order valence-corrected chi connectivity index (χ4v) is 6.30. The zero-order valence-electron chi connectivity index (χ0n) is 17.3. The summed E-state index contributed by atoms with van der Waals surface area (Å²) in [6, 6.07) is 7.03. The molecule has 0 saturated heterocycles. The molecule has 0 bridgehead atoms. The second-order valence-electron chi connectivity index (χ2n) is 9.27. The average molecular weight is 383 g/mol. The van der Waals surface area contributed by atoms with Gasteiger partial charge in [0, 0.05) is 22.0 Å². The van der Waals surface area contributed by atoms with Crippen molar-refractivity contribution in [2.45, 2.75) is 70.1 Å². The summed E-state index contributed by atoms with van der Waals surface area (Å²) in [6.45, 7) is 10.8. The maximum Gasteiger partial charge on any atom is 0.161 e. The van der Waals surface area contributed by atoms with Crippen molar-refractivity contribution in [3.63, 3.8) is 0 Å². The van der Waals surface area contributed by atoms with E-state index in [1.807, 2.05) is 12.1 Å². The highest BCUT2D eigenvalue weighted by Crippen LogP contribution is 2.69. The molecule has 2 aliphatic carbocycles. The molecule has 0 radical (unpaired) electrons. The Balaban J connectivity index is 2.14. The molecule has 4 atom stereocenters. The molecule has 0 saturated carbocycles. The van der Waals surface area contributed by atoms with Crippen LogP contribution in [0, 0.1) is 5.92 Å². The number of phenolic OH excluding ortho intramolecular Hbond substituents is 4. The highest BCUT2D eigenvalue weighted by molar-refractivity contribution is 5.69. The van der Waals surface area contributed by atoms with E-state index in [0.29, 0.717) is 0 Å². The molecule has 0 aliphatic heterocycles. The molecule has 0 heterocycles. The quantitative estimate of drug-likeness (QED) is 0.539. The van der Waals surface area contributed by atoms with Gasteiger partial charge in [0.15, 0.2) is 23.0 Å². The summed E-state index contributed by atoms with van der Waals surface area (Å²) in [5.41, 5.74) is 2.70. The number of phenols is 4. The molecular weight excluding hydrogens is 352 g/mol. The lowest BCUT2D eigenvalue weighted by Gasteiger charge is -2.39. The third kappa shape index (κ3) is 1.91. The van der Waals surface area contributed by atoms with Crippen LogP contribution < -0.4 is 0 Å². The van der Waals surface area contributed by atoms with Crippen LogP contribution in [0.3, 0.4) is 0 Å². The topological polar surface area (TPSA) is 80.9 Å². The van der Waals surface area contributed by atoms with Crippen LogP contribution in [-0.2, 0) is 16.2 Å². The minimum Gasteiger partial charge on any atom is -0.504 e. The molecule has 0 aromatic heterocycles. The molecule has 28 heavy (non-hydrogen) atoms. The maximum atomic E-state index is 10.8. The van der Waals surface area contributed by atoms with Crippen LogP contribution in [0.2, 0.25) is 0 Å². The smallest absolute Gasteiger partial charge is 0.161 e. The van der Waals surface area contributed by atoms with E-state index in [-0.39, 0.29) is 39.7 Å². The molecule has 1 spiro atoms. The molecule has 150 valence electrons. The van der Waals surface area contributed by atoms with Crippen molar-refractivity contribution in [3.8, 4) is 23.0 Å². The van der Waals surface area contributed by atoms with Gasteiger partial charge in [0.2, 0.25) is 0 Å². The van der Waals surface area contributed by atoms with Crippen LogP contribution in [0.25, 0.3) is 0 Å². The Hall–Kier alpha value is -2.36. The Labute approximate surface area is 166 Å². The summed E-state index contributed by atoms with van der Waals surface area (Å²) in [5.74, 6) is -0.0922. The van der Waals surface area contributed by atoms with E-state index in [1.54, 1.807) is 12.1 Å². The fourth-order valence-electron chi connectivity index (χ4n) is 6.30. The molecule has 4 N–H and O–H groups in total. The minimum absolute atomic E-state index is 0.0272. The van der Waals surface area contributed by atoms with Gasteiger partial charge in [-0.1, -0.05) is 46.8 Å². The lowest BCUT2D eigenvalue weighted by atomic mass is 9.63. The van der Waals surface area contributed by atoms with Gasteiger partial charge in [-0.2, -0.15) is 0 Å². The van der Waals surface area contributed by atoms with Crippen molar-refractivity contribution < 1.29 is 20.4 Å². The van der Waals surface area contributed by atoms with E-state index >= 15 is 0 Å². The molecule has 0 amide bonds. The van der Waals surface area contributed by atoms with Crippen molar-refractivity contribution in [1.29, 1.82) is 0 Å². The van der Waals surface area contributed by atoms with Gasteiger partial charge in [0.25, 0.3) is 0 Å². The molecular formula is C24H30O4. The first-order valence-electron chi connectivity index (χ1n) is 10.2. The third-order valence-electron chi connectivity index (χ3n) is 8.33. The standard InChI is InChI=1S/C24H30O4/c1-6-22(4)12-24(14-8-10-16(25)20(27)18(14)22)13(3)23(5,7-2)19-15(24)9-11-17(26)21(19)28/h8-11,13,25-28H,6-7,12H2,1-5H3. The lowest BCUT2D eigenvalue weighted by molar-refractivity contribution is 0.214. The third-order valence-corrected chi connectivity index (χ3v) is 8.33. The van der Waals surface area contributed by atoms with E-state index in [0.717, 1.165) is 41.5 Å². The lowest BCUT2D eigenvalue weighted by Crippen LogP contribution is -2.38. The second-order valence-corrected chi connectivity index (χ2v) is 9.27. The van der Waals surface area contributed by atoms with Crippen molar-refractivity contribution in [1.82, 2.24) is 0 Å². The number of fused-ring (bicyclic) bond motifs is 4. The fraction of sp³-hybridized carbons (Fsp3) is 0.500. The first-order chi connectivity index (χ1) is 13.1. The Morgan fingerprint density at radius 3 is 1.82 bits per heavy atom. The summed E-state index contributed by atoms with van der Waals surface area (Å²) in [7, 11) is 0. The monoisotopic (exact) mass is 382 g/mol. The Morgan fingerprint density at radius 1 is 0.821 bits per heavy atom. The van der Waals surface area contributed by atoms with E-state index < -0.39 is 5.41 Å². The SMILES string of the molecule is CCC1(C)CC2(c3ccc(O)c(O)c31)c1ccc(O)c(O)c1C(C)(CC)C2C. The highest BCUT2D eigenvalue weighted by Gasteiger charge is 2.63. The van der Waals surface area contributed by atoms with E-state index in [1.165, 1.54) is 0 Å². The molecule has 4 heteroatoms. The van der Waals surface area contributed by atoms with Crippen LogP contribution in [0.15, 0.2) is 24.3 Å². The Kier molecular flexibility index (Phi) is 3.79. The zero-order valence-corrected chi connectivity index (χ0v) is 17.3. The average Bonchev–Trinajstić information content (AvgIpc) is 3.05. The molecule has 4 nitrogen and oxygen atoms in total. The summed E-state index contributed by atoms with van der Waals surface area (Å²) in [4.78, 5) is 0. The normalized spacial score (nSPS) is 33.2. The van der Waals surface area contributed by atoms with Gasteiger partial charge in [0.1, 0.15) is 0 Å². The summed E-state index contributed by atoms with van der Waals surface area (Å²) in [5, 5.41) is 42.1. The van der Waals surface area contributed by atoms with Crippen molar-refractivity contribution in [2.24, 2.45) is 5.92 Å². The maximum absolute atomic E-state index is 10.8. The predicted octanol–water partition coefficient (Wildman–Crippen LogP) is 5.18. The first-order valence-corrected chi connectivity index (χ1v) is 10.2. The number of aromatic hydroxyl groups is 4. The zero-order chi connectivity index (χ0) is 20.6. The Morgan fingerprint density at radius 2 is 1.32 bits per heavy atom. The van der Waals surface area contributed by atoms with Gasteiger partial charge in [-0.3, -0.25) is 0 Å². The highest BCUT2D eigenvalue weighted by atomic mass is 16.3. The van der Waals surface area contributed by atoms with Gasteiger partial charge < -0.3 is 20.4 Å². The van der Waals surface area contributed by atoms with Crippen LogP contribution in [-0.4, -0.2) is 20.4 Å². The van der Waals surface area contributed by atoms with E-state index in [2.05, 4.69) is 34.6 Å². The molecule has 4 rings (SSSR count). The van der Waals surface area contributed by atoms with Gasteiger partial charge >= 0.3 is 0 Å². The largest absolute Gasteiger partial charge is 0.504 e. The second kappa shape index (κ2) is 5.59. The van der Waals surface area contributed by atoms with Crippen LogP contribution >= 0.6 is 0 Å². The van der Waals surface area contributed by atoms with Crippen LogP contribution in [0.1, 0.15) is 76.1 Å². The van der Waals surface area contributed by atoms with Crippen molar-refractivity contribution in [2.75, 3.05) is 0 Å². The van der Waals surface area contributed by atoms with Gasteiger partial charge in [0.05, 0.1) is 0 Å². The van der Waals surface area contributed by atoms with Crippen molar-refractivity contribution in [3.05, 3.63) is 46.5 Å². The Bertz CT molecular complexity index is 968. The van der Waals surface area contributed by atoms with Crippen LogP contribution in [0.5, 0.6) is 23.0 Å².